The van der Waals surface area contributed by atoms with Crippen LogP contribution in [0.3, 0.4) is 0 Å². The van der Waals surface area contributed by atoms with Crippen molar-refractivity contribution in [2.24, 2.45) is 5.92 Å². The minimum atomic E-state index is -0.479. The number of hydrogen-bond acceptors (Lipinski definition) is 6. The number of benzene rings is 1. The van der Waals surface area contributed by atoms with E-state index in [4.69, 9.17) is 14.6 Å². The van der Waals surface area contributed by atoms with E-state index in [-0.39, 0.29) is 23.9 Å². The van der Waals surface area contributed by atoms with E-state index in [0.717, 1.165) is 34.0 Å². The normalized spacial score (nSPS) is 20.0. The lowest BCUT2D eigenvalue weighted by molar-refractivity contribution is -0.135. The molecule has 192 valence electrons. The van der Waals surface area contributed by atoms with Gasteiger partial charge in [0.05, 0.1) is 31.0 Å². The molecule has 0 spiro atoms. The van der Waals surface area contributed by atoms with Crippen LogP contribution in [-0.2, 0) is 9.59 Å². The maximum atomic E-state index is 13.4. The minimum Gasteiger partial charge on any atom is -0.497 e. The zero-order chi connectivity index (χ0) is 25.2. The zero-order valence-corrected chi connectivity index (χ0v) is 20.8. The molecule has 2 aliphatic heterocycles. The van der Waals surface area contributed by atoms with Gasteiger partial charge in [0.15, 0.2) is 0 Å². The molecule has 1 aromatic carbocycles. The molecule has 1 saturated heterocycles. The summed E-state index contributed by atoms with van der Waals surface area (Å²) >= 11 is 0. The van der Waals surface area contributed by atoms with Crippen molar-refractivity contribution >= 4 is 17.4 Å². The Bertz CT molecular complexity index is 1160. The Hall–Kier alpha value is -3.46. The van der Waals surface area contributed by atoms with Gasteiger partial charge in [-0.15, -0.1) is 0 Å². The van der Waals surface area contributed by atoms with Gasteiger partial charge in [-0.25, -0.2) is 0 Å². The van der Waals surface area contributed by atoms with Gasteiger partial charge in [-0.3, -0.25) is 9.59 Å². The molecule has 0 radical (unpaired) electrons. The predicted octanol–water partition coefficient (Wildman–Crippen LogP) is 2.34. The quantitative estimate of drug-likeness (QED) is 0.448. The van der Waals surface area contributed by atoms with Crippen molar-refractivity contribution in [2.45, 2.75) is 44.7 Å². The minimum absolute atomic E-state index is 0.0271. The van der Waals surface area contributed by atoms with Crippen molar-refractivity contribution in [1.29, 1.82) is 0 Å². The van der Waals surface area contributed by atoms with E-state index < -0.39 is 6.61 Å². The summed E-state index contributed by atoms with van der Waals surface area (Å²) in [7, 11) is 1.65. The van der Waals surface area contributed by atoms with E-state index in [1.54, 1.807) is 12.0 Å². The van der Waals surface area contributed by atoms with Crippen molar-refractivity contribution < 1.29 is 24.2 Å². The first-order valence-electron chi connectivity index (χ1n) is 12.6. The number of fused-ring (bicyclic) bond motifs is 1. The molecule has 1 atom stereocenters. The predicted molar refractivity (Wildman–Crippen MR) is 134 cm³/mol. The Morgan fingerprint density at radius 2 is 1.92 bits per heavy atom. The molecule has 0 bridgehead atoms. The molecule has 3 aliphatic rings. The number of nitrogens with one attached hydrogen (secondary N) is 3. The number of aliphatic hydroxyl groups excluding tert-OH is 1. The largest absolute Gasteiger partial charge is 0.497 e. The second-order valence-electron chi connectivity index (χ2n) is 9.83. The first-order chi connectivity index (χ1) is 17.5. The highest BCUT2D eigenvalue weighted by molar-refractivity contribution is 6.20. The number of aromatic nitrogens is 1. The van der Waals surface area contributed by atoms with E-state index in [2.05, 4.69) is 15.6 Å². The van der Waals surface area contributed by atoms with Crippen LogP contribution in [0.2, 0.25) is 0 Å². The Morgan fingerprint density at radius 1 is 1.14 bits per heavy atom. The molecule has 1 unspecified atom stereocenters. The average molecular weight is 495 g/mol. The monoisotopic (exact) mass is 494 g/mol. The molecule has 9 nitrogen and oxygen atoms in total. The van der Waals surface area contributed by atoms with Crippen LogP contribution in [-0.4, -0.2) is 66.3 Å². The second-order valence-corrected chi connectivity index (χ2v) is 9.83. The molecule has 3 heterocycles. The summed E-state index contributed by atoms with van der Waals surface area (Å²) in [5, 5.41) is 15.8. The van der Waals surface area contributed by atoms with Crippen LogP contribution in [0, 0.1) is 5.92 Å². The summed E-state index contributed by atoms with van der Waals surface area (Å²) in [4.78, 5) is 30.1. The number of carbonyl (C=O) groups is 2. The summed E-state index contributed by atoms with van der Waals surface area (Å²) in [6.45, 7) is 3.18. The van der Waals surface area contributed by atoms with Gasteiger partial charge >= 0.3 is 0 Å². The smallest absolute Gasteiger partial charge is 0.255 e. The van der Waals surface area contributed by atoms with E-state index >= 15 is 0 Å². The number of H-pyrrole nitrogens is 1. The molecule has 5 rings (SSSR count). The lowest BCUT2D eigenvalue weighted by Gasteiger charge is -2.33. The SMILES string of the molecule is COc1ccc(C2NC(C)=C(C(=O)NC3CCN(C(=O)CO)CC3)c3[nH]ccc32)c(OCC2CC2)c1. The molecule has 1 aliphatic carbocycles. The number of aromatic amines is 1. The van der Waals surface area contributed by atoms with E-state index in [9.17, 15) is 9.59 Å². The maximum absolute atomic E-state index is 13.4. The van der Waals surface area contributed by atoms with Gasteiger partial charge in [-0.1, -0.05) is 0 Å². The van der Waals surface area contributed by atoms with Crippen LogP contribution >= 0.6 is 0 Å². The first kappa shape index (κ1) is 24.2. The second kappa shape index (κ2) is 10.3. The summed E-state index contributed by atoms with van der Waals surface area (Å²) in [5.41, 5.74) is 4.15. The number of nitrogens with zero attached hydrogens (tertiary/aromatic N) is 1. The average Bonchev–Trinajstić information content (AvgIpc) is 3.61. The molecule has 1 aromatic heterocycles. The number of allylic oxidation sites excluding steroid dienone is 1. The Morgan fingerprint density at radius 3 is 2.61 bits per heavy atom. The molecule has 1 saturated carbocycles. The number of aliphatic hydroxyl groups is 1. The highest BCUT2D eigenvalue weighted by Gasteiger charge is 2.33. The Balaban J connectivity index is 1.35. The molecule has 4 N–H and O–H groups in total. The summed E-state index contributed by atoms with van der Waals surface area (Å²) in [6, 6.07) is 7.69. The standard InChI is InChI=1S/C27H34N4O5/c1-16-24(27(34)30-18-8-11-31(12-9-18)23(33)14-32)26-21(7-10-28-26)25(29-16)20-6-5-19(35-2)13-22(20)36-15-17-3-4-17/h5-7,10,13,17-18,25,28-29,32H,3-4,8-9,11-12,14-15H2,1-2H3,(H,30,34). The van der Waals surface area contributed by atoms with Crippen LogP contribution in [0.4, 0.5) is 0 Å². The molecule has 36 heavy (non-hydrogen) atoms. The van der Waals surface area contributed by atoms with Crippen molar-refractivity contribution in [3.63, 3.8) is 0 Å². The van der Waals surface area contributed by atoms with Crippen LogP contribution in [0.1, 0.15) is 55.5 Å². The fourth-order valence-electron chi connectivity index (χ4n) is 5.05. The van der Waals surface area contributed by atoms with Gasteiger partial charge in [0.2, 0.25) is 5.91 Å². The Labute approximate surface area is 210 Å². The van der Waals surface area contributed by atoms with Gasteiger partial charge in [0, 0.05) is 48.2 Å². The summed E-state index contributed by atoms with van der Waals surface area (Å²) < 4.78 is 11.7. The molecule has 2 fully saturated rings. The number of carbonyl (C=O) groups excluding carboxylic acids is 2. The van der Waals surface area contributed by atoms with Gasteiger partial charge in [0.1, 0.15) is 18.1 Å². The lowest BCUT2D eigenvalue weighted by atomic mass is 9.90. The van der Waals surface area contributed by atoms with Crippen LogP contribution in [0.25, 0.3) is 5.57 Å². The molecule has 9 heteroatoms. The van der Waals surface area contributed by atoms with E-state index in [1.165, 1.54) is 12.8 Å². The number of amides is 2. The molecule has 2 amide bonds. The van der Waals surface area contributed by atoms with Crippen molar-refractivity contribution in [3.8, 4) is 11.5 Å². The third kappa shape index (κ3) is 4.93. The van der Waals surface area contributed by atoms with Gasteiger partial charge in [0.25, 0.3) is 5.91 Å². The number of methoxy groups -OCH3 is 1. The Kier molecular flexibility index (Phi) is 6.91. The number of likely N-dealkylation sites (tertiary alicyclic amines) is 1. The third-order valence-electron chi connectivity index (χ3n) is 7.32. The highest BCUT2D eigenvalue weighted by Crippen LogP contribution is 2.41. The lowest BCUT2D eigenvalue weighted by Crippen LogP contribution is -2.47. The van der Waals surface area contributed by atoms with E-state index in [1.807, 2.05) is 37.4 Å². The molecular formula is C27H34N4O5. The summed E-state index contributed by atoms with van der Waals surface area (Å²) in [5.74, 6) is 1.74. The fourth-order valence-corrected chi connectivity index (χ4v) is 5.05. The number of hydrogen-bond donors (Lipinski definition) is 4. The van der Waals surface area contributed by atoms with Crippen LogP contribution in [0.5, 0.6) is 11.5 Å². The van der Waals surface area contributed by atoms with E-state index in [0.29, 0.717) is 44.0 Å². The number of ether oxygens (including phenoxy) is 2. The third-order valence-corrected chi connectivity index (χ3v) is 7.32. The number of rotatable bonds is 8. The molecular weight excluding hydrogens is 460 g/mol. The molecule has 2 aromatic rings. The van der Waals surface area contributed by atoms with Crippen LogP contribution < -0.4 is 20.1 Å². The van der Waals surface area contributed by atoms with Crippen molar-refractivity contribution in [2.75, 3.05) is 33.4 Å². The van der Waals surface area contributed by atoms with Crippen LogP contribution in [0.15, 0.2) is 36.2 Å². The van der Waals surface area contributed by atoms with Gasteiger partial charge in [-0.05, 0) is 56.7 Å². The number of piperidine rings is 1. The van der Waals surface area contributed by atoms with Crippen molar-refractivity contribution in [1.82, 2.24) is 20.5 Å². The fraction of sp³-hybridized carbons (Fsp3) is 0.481. The first-order valence-corrected chi connectivity index (χ1v) is 12.6. The highest BCUT2D eigenvalue weighted by atomic mass is 16.5. The van der Waals surface area contributed by atoms with Gasteiger partial charge in [-0.2, -0.15) is 0 Å². The van der Waals surface area contributed by atoms with Gasteiger partial charge < -0.3 is 35.1 Å². The van der Waals surface area contributed by atoms with Crippen molar-refractivity contribution in [3.05, 3.63) is 53.0 Å². The topological polar surface area (TPSA) is 116 Å². The zero-order valence-electron chi connectivity index (χ0n) is 20.8. The maximum Gasteiger partial charge on any atom is 0.255 e. The summed E-state index contributed by atoms with van der Waals surface area (Å²) in [6.07, 6.45) is 5.59.